The van der Waals surface area contributed by atoms with Crippen molar-refractivity contribution in [2.45, 2.75) is 37.1 Å². The number of piperidine rings is 1. The Morgan fingerprint density at radius 3 is 2.42 bits per heavy atom. The standard InChI is InChI=1S/C20H23NO2S/c1-17-10-14-20(15-11-17)24(22,23)21-16-6-5-9-19(21)13-12-18-7-3-2-4-8-18/h2-4,7-8,10-15,19H,5-6,9,16H2,1H3/b13-12+. The summed E-state index contributed by atoms with van der Waals surface area (Å²) in [7, 11) is -3.45. The molecule has 0 radical (unpaired) electrons. The van der Waals surface area contributed by atoms with Crippen LogP contribution in [0.15, 0.2) is 65.6 Å². The molecule has 3 nitrogen and oxygen atoms in total. The molecule has 2 aromatic rings. The first-order chi connectivity index (χ1) is 11.6. The SMILES string of the molecule is Cc1ccc(S(=O)(=O)N2CCCCC2/C=C/c2ccccc2)cc1. The number of nitrogens with zero attached hydrogens (tertiary/aromatic N) is 1. The van der Waals surface area contributed by atoms with E-state index < -0.39 is 10.0 Å². The fourth-order valence-electron chi connectivity index (χ4n) is 3.05. The molecule has 0 amide bonds. The summed E-state index contributed by atoms with van der Waals surface area (Å²) in [4.78, 5) is 0.383. The fourth-order valence-corrected chi connectivity index (χ4v) is 4.71. The van der Waals surface area contributed by atoms with Gasteiger partial charge in [0.25, 0.3) is 0 Å². The highest BCUT2D eigenvalue weighted by Gasteiger charge is 2.31. The number of sulfonamides is 1. The number of rotatable bonds is 4. The molecule has 0 aromatic heterocycles. The van der Waals surface area contributed by atoms with Crippen LogP contribution in [0.5, 0.6) is 0 Å². The maximum atomic E-state index is 13.0. The van der Waals surface area contributed by atoms with Gasteiger partial charge in [-0.05, 0) is 37.5 Å². The van der Waals surface area contributed by atoms with Gasteiger partial charge in [0.1, 0.15) is 0 Å². The maximum absolute atomic E-state index is 13.0. The smallest absolute Gasteiger partial charge is 0.207 e. The van der Waals surface area contributed by atoms with Crippen LogP contribution in [0.1, 0.15) is 30.4 Å². The van der Waals surface area contributed by atoms with Gasteiger partial charge in [-0.3, -0.25) is 0 Å². The molecule has 126 valence electrons. The van der Waals surface area contributed by atoms with Crippen LogP contribution in [0.25, 0.3) is 6.08 Å². The highest BCUT2D eigenvalue weighted by molar-refractivity contribution is 7.89. The van der Waals surface area contributed by atoms with Gasteiger partial charge in [-0.1, -0.05) is 66.6 Å². The molecule has 3 rings (SSSR count). The van der Waals surface area contributed by atoms with Crippen molar-refractivity contribution in [3.05, 3.63) is 71.8 Å². The van der Waals surface area contributed by atoms with Crippen molar-refractivity contribution in [3.8, 4) is 0 Å². The molecule has 0 N–H and O–H groups in total. The zero-order chi connectivity index (χ0) is 17.0. The predicted octanol–water partition coefficient (Wildman–Crippen LogP) is 4.25. The molecule has 0 spiro atoms. The molecule has 1 unspecified atom stereocenters. The Bertz CT molecular complexity index is 795. The lowest BCUT2D eigenvalue weighted by molar-refractivity contribution is 0.292. The van der Waals surface area contributed by atoms with E-state index in [4.69, 9.17) is 0 Å². The first kappa shape index (κ1) is 16.9. The van der Waals surface area contributed by atoms with Crippen LogP contribution in [-0.2, 0) is 10.0 Å². The van der Waals surface area contributed by atoms with Crippen LogP contribution in [0.4, 0.5) is 0 Å². The fraction of sp³-hybridized carbons (Fsp3) is 0.300. The number of benzene rings is 2. The van der Waals surface area contributed by atoms with E-state index in [9.17, 15) is 8.42 Å². The summed E-state index contributed by atoms with van der Waals surface area (Å²) in [5.74, 6) is 0. The summed E-state index contributed by atoms with van der Waals surface area (Å²) in [6.07, 6.45) is 6.90. The van der Waals surface area contributed by atoms with Crippen LogP contribution < -0.4 is 0 Å². The number of aryl methyl sites for hydroxylation is 1. The molecular weight excluding hydrogens is 318 g/mol. The average molecular weight is 341 g/mol. The molecule has 1 aliphatic rings. The lowest BCUT2D eigenvalue weighted by Crippen LogP contribution is -2.42. The molecule has 1 fully saturated rings. The molecule has 24 heavy (non-hydrogen) atoms. The Morgan fingerprint density at radius 2 is 1.71 bits per heavy atom. The normalized spacial score (nSPS) is 19.6. The van der Waals surface area contributed by atoms with E-state index >= 15 is 0 Å². The topological polar surface area (TPSA) is 37.4 Å². The minimum absolute atomic E-state index is 0.0785. The summed E-state index contributed by atoms with van der Waals surface area (Å²) in [5, 5.41) is 0. The highest BCUT2D eigenvalue weighted by atomic mass is 32.2. The summed E-state index contributed by atoms with van der Waals surface area (Å²) in [5.41, 5.74) is 2.16. The van der Waals surface area contributed by atoms with Crippen LogP contribution in [0.3, 0.4) is 0 Å². The lowest BCUT2D eigenvalue weighted by atomic mass is 10.0. The third-order valence-electron chi connectivity index (χ3n) is 4.44. The Balaban J connectivity index is 1.86. The molecule has 1 atom stereocenters. The minimum atomic E-state index is -3.45. The van der Waals surface area contributed by atoms with Crippen LogP contribution in [0, 0.1) is 6.92 Å². The van der Waals surface area contributed by atoms with Crippen molar-refractivity contribution >= 4 is 16.1 Å². The Morgan fingerprint density at radius 1 is 1.00 bits per heavy atom. The Labute approximate surface area is 144 Å². The second-order valence-corrected chi connectivity index (χ2v) is 8.15. The molecule has 0 aliphatic carbocycles. The van der Waals surface area contributed by atoms with Gasteiger partial charge in [0.15, 0.2) is 0 Å². The van der Waals surface area contributed by atoms with Gasteiger partial charge >= 0.3 is 0 Å². The summed E-state index contributed by atoms with van der Waals surface area (Å²) in [6.45, 7) is 2.54. The molecule has 0 saturated carbocycles. The quantitative estimate of drug-likeness (QED) is 0.833. The monoisotopic (exact) mass is 341 g/mol. The highest BCUT2D eigenvalue weighted by Crippen LogP contribution is 2.26. The Hall–Kier alpha value is -1.91. The third-order valence-corrected chi connectivity index (χ3v) is 6.37. The molecule has 1 saturated heterocycles. The predicted molar refractivity (Wildman–Crippen MR) is 98.2 cm³/mol. The zero-order valence-electron chi connectivity index (χ0n) is 13.9. The summed E-state index contributed by atoms with van der Waals surface area (Å²) >= 11 is 0. The van der Waals surface area contributed by atoms with E-state index in [0.717, 1.165) is 30.4 Å². The van der Waals surface area contributed by atoms with Gasteiger partial charge in [0, 0.05) is 12.6 Å². The van der Waals surface area contributed by atoms with Crippen LogP contribution in [0.2, 0.25) is 0 Å². The van der Waals surface area contributed by atoms with E-state index in [-0.39, 0.29) is 6.04 Å². The molecular formula is C20H23NO2S. The first-order valence-corrected chi connectivity index (χ1v) is 9.83. The lowest BCUT2D eigenvalue weighted by Gasteiger charge is -2.33. The van der Waals surface area contributed by atoms with Crippen molar-refractivity contribution in [1.82, 2.24) is 4.31 Å². The number of hydrogen-bond donors (Lipinski definition) is 0. The minimum Gasteiger partial charge on any atom is -0.207 e. The van der Waals surface area contributed by atoms with Gasteiger partial charge in [-0.25, -0.2) is 8.42 Å². The molecule has 0 bridgehead atoms. The van der Waals surface area contributed by atoms with E-state index in [2.05, 4.69) is 0 Å². The average Bonchev–Trinajstić information content (AvgIpc) is 2.61. The van der Waals surface area contributed by atoms with Crippen LogP contribution in [-0.4, -0.2) is 25.3 Å². The van der Waals surface area contributed by atoms with Gasteiger partial charge in [-0.2, -0.15) is 4.31 Å². The maximum Gasteiger partial charge on any atom is 0.243 e. The number of hydrogen-bond acceptors (Lipinski definition) is 2. The first-order valence-electron chi connectivity index (χ1n) is 8.39. The largest absolute Gasteiger partial charge is 0.243 e. The molecule has 4 heteroatoms. The second kappa shape index (κ2) is 7.32. The van der Waals surface area contributed by atoms with E-state index in [1.54, 1.807) is 16.4 Å². The van der Waals surface area contributed by atoms with Crippen molar-refractivity contribution in [3.63, 3.8) is 0 Å². The van der Waals surface area contributed by atoms with Crippen molar-refractivity contribution in [2.24, 2.45) is 0 Å². The zero-order valence-corrected chi connectivity index (χ0v) is 14.7. The van der Waals surface area contributed by atoms with Crippen molar-refractivity contribution < 1.29 is 8.42 Å². The van der Waals surface area contributed by atoms with Gasteiger partial charge in [0.05, 0.1) is 4.90 Å². The second-order valence-electron chi connectivity index (χ2n) is 6.26. The van der Waals surface area contributed by atoms with Gasteiger partial charge < -0.3 is 0 Å². The van der Waals surface area contributed by atoms with Crippen LogP contribution >= 0.6 is 0 Å². The van der Waals surface area contributed by atoms with Gasteiger partial charge in [-0.15, -0.1) is 0 Å². The van der Waals surface area contributed by atoms with E-state index in [1.165, 1.54) is 0 Å². The van der Waals surface area contributed by atoms with Gasteiger partial charge in [0.2, 0.25) is 10.0 Å². The molecule has 2 aromatic carbocycles. The molecule has 1 heterocycles. The van der Waals surface area contributed by atoms with Crippen molar-refractivity contribution in [2.75, 3.05) is 6.54 Å². The van der Waals surface area contributed by atoms with E-state index in [0.29, 0.717) is 11.4 Å². The molecule has 1 aliphatic heterocycles. The third kappa shape index (κ3) is 3.77. The Kier molecular flexibility index (Phi) is 5.17. The summed E-state index contributed by atoms with van der Waals surface area (Å²) < 4.78 is 27.7. The van der Waals surface area contributed by atoms with Crippen molar-refractivity contribution in [1.29, 1.82) is 0 Å². The van der Waals surface area contributed by atoms with E-state index in [1.807, 2.05) is 61.5 Å². The summed E-state index contributed by atoms with van der Waals surface area (Å²) in [6, 6.07) is 17.0.